The third kappa shape index (κ3) is 4.66. The van der Waals surface area contributed by atoms with Crippen LogP contribution in [0.3, 0.4) is 0 Å². The van der Waals surface area contributed by atoms with E-state index in [2.05, 4.69) is 5.32 Å². The van der Waals surface area contributed by atoms with E-state index in [1.165, 1.54) is 19.1 Å². The lowest BCUT2D eigenvalue weighted by Gasteiger charge is -2.26. The van der Waals surface area contributed by atoms with Crippen LogP contribution in [0.1, 0.15) is 57.7 Å². The number of rotatable bonds is 5. The first-order valence-electron chi connectivity index (χ1n) is 8.27. The van der Waals surface area contributed by atoms with Crippen LogP contribution in [-0.4, -0.2) is 22.9 Å². The van der Waals surface area contributed by atoms with Crippen LogP contribution in [-0.2, 0) is 10.7 Å². The highest BCUT2D eigenvalue weighted by molar-refractivity contribution is 5.68. The predicted octanol–water partition coefficient (Wildman–Crippen LogP) is 4.27. The van der Waals surface area contributed by atoms with Crippen molar-refractivity contribution in [3.05, 3.63) is 35.1 Å². The number of carbonyl (C=O) groups excluding carboxylic acids is 1. The van der Waals surface area contributed by atoms with E-state index >= 15 is 0 Å². The van der Waals surface area contributed by atoms with Gasteiger partial charge in [0.1, 0.15) is 17.5 Å². The van der Waals surface area contributed by atoms with Gasteiger partial charge in [-0.3, -0.25) is 0 Å². The number of carbonyl (C=O) groups is 1. The number of alkyl carbamates (subject to hydrolysis) is 1. The van der Waals surface area contributed by atoms with Gasteiger partial charge in [-0.1, -0.05) is 12.1 Å². The molecule has 0 bridgehead atoms. The minimum atomic E-state index is -3.69. The van der Waals surface area contributed by atoms with Crippen molar-refractivity contribution in [2.45, 2.75) is 64.2 Å². The fourth-order valence-electron chi connectivity index (χ4n) is 2.57. The van der Waals surface area contributed by atoms with E-state index in [1.807, 2.05) is 0 Å². The van der Waals surface area contributed by atoms with E-state index in [0.29, 0.717) is 12.8 Å². The van der Waals surface area contributed by atoms with Crippen LogP contribution >= 0.6 is 0 Å². The van der Waals surface area contributed by atoms with Gasteiger partial charge in [-0.2, -0.15) is 8.78 Å². The van der Waals surface area contributed by atoms with Crippen LogP contribution in [0.4, 0.5) is 18.0 Å². The Bertz CT molecular complexity index is 639. The first kappa shape index (κ1) is 19.6. The van der Waals surface area contributed by atoms with Crippen molar-refractivity contribution in [1.82, 2.24) is 5.32 Å². The van der Waals surface area contributed by atoms with E-state index in [0.717, 1.165) is 6.07 Å². The summed E-state index contributed by atoms with van der Waals surface area (Å²) in [5.41, 5.74) is -1.68. The largest absolute Gasteiger partial charge is 0.444 e. The summed E-state index contributed by atoms with van der Waals surface area (Å²) in [6.45, 7) is 6.51. The number of alkyl halides is 2. The molecular formula is C18H24F3NO3. The molecule has 0 spiro atoms. The number of halogens is 3. The smallest absolute Gasteiger partial charge is 0.408 e. The first-order valence-corrected chi connectivity index (χ1v) is 8.27. The van der Waals surface area contributed by atoms with Crippen molar-refractivity contribution in [2.75, 3.05) is 0 Å². The van der Waals surface area contributed by atoms with Gasteiger partial charge < -0.3 is 15.2 Å². The average molecular weight is 359 g/mol. The van der Waals surface area contributed by atoms with Crippen molar-refractivity contribution < 1.29 is 27.8 Å². The molecule has 7 heteroatoms. The Balaban J connectivity index is 2.21. The van der Waals surface area contributed by atoms with Crippen molar-refractivity contribution in [3.8, 4) is 0 Å². The van der Waals surface area contributed by atoms with Crippen LogP contribution in [0.15, 0.2) is 18.2 Å². The second kappa shape index (κ2) is 6.86. The summed E-state index contributed by atoms with van der Waals surface area (Å²) in [5.74, 6) is -5.32. The van der Waals surface area contributed by atoms with Crippen LogP contribution in [0.2, 0.25) is 0 Å². The van der Waals surface area contributed by atoms with Crippen LogP contribution in [0, 0.1) is 11.7 Å². The Kier molecular flexibility index (Phi) is 5.37. The zero-order chi connectivity index (χ0) is 19.0. The van der Waals surface area contributed by atoms with Crippen molar-refractivity contribution in [3.63, 3.8) is 0 Å². The minimum absolute atomic E-state index is 0.0916. The molecule has 0 unspecified atom stereocenters. The zero-order valence-electron chi connectivity index (χ0n) is 14.8. The summed E-state index contributed by atoms with van der Waals surface area (Å²) in [6.07, 6.45) is -1.66. The number of benzene rings is 1. The molecule has 0 aromatic heterocycles. The molecule has 1 aromatic carbocycles. The second-order valence-electron chi connectivity index (χ2n) is 7.48. The summed E-state index contributed by atoms with van der Waals surface area (Å²) >= 11 is 0. The maximum Gasteiger partial charge on any atom is 0.408 e. The molecule has 2 N–H and O–H groups in total. The number of ether oxygens (including phenoxy) is 1. The number of nitrogens with one attached hydrogen (secondary N) is 1. The van der Waals surface area contributed by atoms with Crippen LogP contribution in [0.5, 0.6) is 0 Å². The van der Waals surface area contributed by atoms with Gasteiger partial charge in [0.15, 0.2) is 0 Å². The lowest BCUT2D eigenvalue weighted by molar-refractivity contribution is -0.126. The van der Waals surface area contributed by atoms with Gasteiger partial charge in [0.25, 0.3) is 0 Å². The van der Waals surface area contributed by atoms with Crippen molar-refractivity contribution in [2.24, 2.45) is 5.92 Å². The van der Waals surface area contributed by atoms with Gasteiger partial charge in [-0.25, -0.2) is 9.18 Å². The summed E-state index contributed by atoms with van der Waals surface area (Å²) < 4.78 is 48.6. The normalized spacial score (nSPS) is 17.8. The Morgan fingerprint density at radius 3 is 2.44 bits per heavy atom. The van der Waals surface area contributed by atoms with E-state index < -0.39 is 47.1 Å². The molecule has 1 aliphatic carbocycles. The van der Waals surface area contributed by atoms with Gasteiger partial charge in [0, 0.05) is 5.56 Å². The summed E-state index contributed by atoms with van der Waals surface area (Å²) in [7, 11) is 0. The number of hydrogen-bond acceptors (Lipinski definition) is 3. The molecule has 1 fully saturated rings. The standard InChI is InChI=1S/C18H24F3NO3/c1-10(22-16(24)25-17(2,3)4)12-6-5-7-13(14(12)19)18(20,21)15(23)11-8-9-11/h5-7,10-11,15,23H,8-9H2,1-4H3,(H,22,24)/t10-,15-/m1/s1. The quantitative estimate of drug-likeness (QED) is 0.825. The maximum atomic E-state index is 14.7. The molecule has 1 aliphatic rings. The summed E-state index contributed by atoms with van der Waals surface area (Å²) in [6, 6.07) is 2.70. The van der Waals surface area contributed by atoms with E-state index in [9.17, 15) is 23.1 Å². The third-order valence-corrected chi connectivity index (χ3v) is 4.03. The molecule has 0 aliphatic heterocycles. The second-order valence-corrected chi connectivity index (χ2v) is 7.48. The van der Waals surface area contributed by atoms with Gasteiger partial charge >= 0.3 is 12.0 Å². The van der Waals surface area contributed by atoms with Gasteiger partial charge in [0.05, 0.1) is 11.6 Å². The monoisotopic (exact) mass is 359 g/mol. The molecular weight excluding hydrogens is 335 g/mol. The van der Waals surface area contributed by atoms with Gasteiger partial charge in [-0.15, -0.1) is 0 Å². The lowest BCUT2D eigenvalue weighted by atomic mass is 9.95. The minimum Gasteiger partial charge on any atom is -0.444 e. The van der Waals surface area contributed by atoms with Crippen LogP contribution < -0.4 is 5.32 Å². The lowest BCUT2D eigenvalue weighted by Crippen LogP contribution is -2.36. The molecule has 1 amide bonds. The fraction of sp³-hybridized carbons (Fsp3) is 0.611. The molecule has 1 aromatic rings. The zero-order valence-corrected chi connectivity index (χ0v) is 14.8. The highest BCUT2D eigenvalue weighted by Gasteiger charge is 2.50. The third-order valence-electron chi connectivity index (χ3n) is 4.03. The van der Waals surface area contributed by atoms with Gasteiger partial charge in [-0.05, 0) is 52.5 Å². The Morgan fingerprint density at radius 2 is 1.92 bits per heavy atom. The molecule has 2 rings (SSSR count). The molecule has 0 radical (unpaired) electrons. The summed E-state index contributed by atoms with van der Waals surface area (Å²) in [4.78, 5) is 11.8. The molecule has 25 heavy (non-hydrogen) atoms. The number of hydrogen-bond donors (Lipinski definition) is 2. The Hall–Kier alpha value is -1.76. The molecule has 1 saturated carbocycles. The summed E-state index contributed by atoms with van der Waals surface area (Å²) in [5, 5.41) is 12.2. The van der Waals surface area contributed by atoms with Crippen LogP contribution in [0.25, 0.3) is 0 Å². The maximum absolute atomic E-state index is 14.7. The Labute approximate surface area is 145 Å². The predicted molar refractivity (Wildman–Crippen MR) is 86.8 cm³/mol. The topological polar surface area (TPSA) is 58.6 Å². The Morgan fingerprint density at radius 1 is 1.32 bits per heavy atom. The molecule has 0 heterocycles. The van der Waals surface area contributed by atoms with Crippen molar-refractivity contribution >= 4 is 6.09 Å². The van der Waals surface area contributed by atoms with E-state index in [-0.39, 0.29) is 5.56 Å². The highest BCUT2D eigenvalue weighted by Crippen LogP contribution is 2.45. The van der Waals surface area contributed by atoms with Gasteiger partial charge in [0.2, 0.25) is 0 Å². The van der Waals surface area contributed by atoms with Crippen molar-refractivity contribution in [1.29, 1.82) is 0 Å². The fourth-order valence-corrected chi connectivity index (χ4v) is 2.57. The SMILES string of the molecule is C[C@@H](NC(=O)OC(C)(C)C)c1cccc(C(F)(F)[C@H](O)C2CC2)c1F. The molecule has 0 saturated heterocycles. The number of aliphatic hydroxyl groups excluding tert-OH is 1. The molecule has 4 nitrogen and oxygen atoms in total. The average Bonchev–Trinajstić information content (AvgIpc) is 3.28. The highest BCUT2D eigenvalue weighted by atomic mass is 19.3. The molecule has 140 valence electrons. The van der Waals surface area contributed by atoms with E-state index in [1.54, 1.807) is 20.8 Å². The number of amides is 1. The first-order chi connectivity index (χ1) is 11.4. The molecule has 2 atom stereocenters. The number of aliphatic hydroxyl groups is 1. The van der Waals surface area contributed by atoms with E-state index in [4.69, 9.17) is 4.74 Å².